The average molecular weight is 227 g/mol. The van der Waals surface area contributed by atoms with E-state index in [9.17, 15) is 0 Å². The molecule has 1 aromatic carbocycles. The van der Waals surface area contributed by atoms with Gasteiger partial charge in [0.2, 0.25) is 0 Å². The summed E-state index contributed by atoms with van der Waals surface area (Å²) in [7, 11) is 2.06. The maximum absolute atomic E-state index is 4.22. The SMILES string of the molecule is CNC1(Cc2ccc(-n3cccn3)cc2)CC1. The molecule has 88 valence electrons. The van der Waals surface area contributed by atoms with Crippen LogP contribution in [0, 0.1) is 0 Å². The van der Waals surface area contributed by atoms with Crippen LogP contribution in [0.1, 0.15) is 18.4 Å². The van der Waals surface area contributed by atoms with Crippen LogP contribution in [0.2, 0.25) is 0 Å². The van der Waals surface area contributed by atoms with Crippen molar-refractivity contribution in [3.05, 3.63) is 48.3 Å². The number of aromatic nitrogens is 2. The molecule has 3 nitrogen and oxygen atoms in total. The van der Waals surface area contributed by atoms with Crippen LogP contribution in [0.3, 0.4) is 0 Å². The molecule has 0 saturated heterocycles. The van der Waals surface area contributed by atoms with E-state index in [1.807, 2.05) is 16.9 Å². The van der Waals surface area contributed by atoms with Gasteiger partial charge in [-0.3, -0.25) is 0 Å². The fourth-order valence-electron chi connectivity index (χ4n) is 2.24. The Kier molecular flexibility index (Phi) is 2.48. The van der Waals surface area contributed by atoms with Crippen molar-refractivity contribution in [2.24, 2.45) is 0 Å². The number of likely N-dealkylation sites (N-methyl/N-ethyl adjacent to an activating group) is 1. The number of nitrogens with zero attached hydrogens (tertiary/aromatic N) is 2. The first-order valence-corrected chi connectivity index (χ1v) is 6.09. The summed E-state index contributed by atoms with van der Waals surface area (Å²) in [6, 6.07) is 10.6. The number of rotatable bonds is 4. The van der Waals surface area contributed by atoms with Crippen LogP contribution in [0.25, 0.3) is 5.69 Å². The lowest BCUT2D eigenvalue weighted by Gasteiger charge is -2.14. The largest absolute Gasteiger partial charge is 0.314 e. The topological polar surface area (TPSA) is 29.9 Å². The van der Waals surface area contributed by atoms with E-state index < -0.39 is 0 Å². The molecule has 1 fully saturated rings. The molecule has 1 aromatic heterocycles. The number of benzene rings is 1. The van der Waals surface area contributed by atoms with E-state index >= 15 is 0 Å². The van der Waals surface area contributed by atoms with E-state index in [0.717, 1.165) is 12.1 Å². The smallest absolute Gasteiger partial charge is 0.0645 e. The molecule has 0 radical (unpaired) electrons. The zero-order valence-corrected chi connectivity index (χ0v) is 10.1. The average Bonchev–Trinajstić information content (AvgIpc) is 2.92. The lowest BCUT2D eigenvalue weighted by Crippen LogP contribution is -2.29. The summed E-state index contributed by atoms with van der Waals surface area (Å²) in [4.78, 5) is 0. The Balaban J connectivity index is 1.76. The first-order chi connectivity index (χ1) is 8.31. The normalized spacial score (nSPS) is 17.0. The summed E-state index contributed by atoms with van der Waals surface area (Å²) in [5.41, 5.74) is 2.90. The second-order valence-corrected chi connectivity index (χ2v) is 4.82. The van der Waals surface area contributed by atoms with Gasteiger partial charge in [0, 0.05) is 17.9 Å². The second-order valence-electron chi connectivity index (χ2n) is 4.82. The van der Waals surface area contributed by atoms with Crippen LogP contribution in [0.4, 0.5) is 0 Å². The minimum Gasteiger partial charge on any atom is -0.314 e. The van der Waals surface area contributed by atoms with E-state index in [1.165, 1.54) is 18.4 Å². The maximum atomic E-state index is 4.22. The fourth-order valence-corrected chi connectivity index (χ4v) is 2.24. The van der Waals surface area contributed by atoms with Crippen LogP contribution < -0.4 is 5.32 Å². The van der Waals surface area contributed by atoms with Crippen molar-refractivity contribution >= 4 is 0 Å². The molecular weight excluding hydrogens is 210 g/mol. The standard InChI is InChI=1S/C14H17N3/c1-15-14(7-8-14)11-12-3-5-13(6-4-12)17-10-2-9-16-17/h2-6,9-10,15H,7-8,11H2,1H3. The zero-order chi connectivity index (χ0) is 11.7. The Bertz CT molecular complexity index is 481. The molecular formula is C14H17N3. The van der Waals surface area contributed by atoms with Crippen LogP contribution in [-0.2, 0) is 6.42 Å². The quantitative estimate of drug-likeness (QED) is 0.867. The van der Waals surface area contributed by atoms with Crippen LogP contribution in [-0.4, -0.2) is 22.4 Å². The van der Waals surface area contributed by atoms with Crippen LogP contribution in [0.5, 0.6) is 0 Å². The molecule has 1 saturated carbocycles. The third-order valence-corrected chi connectivity index (χ3v) is 3.63. The van der Waals surface area contributed by atoms with Crippen molar-refractivity contribution in [1.29, 1.82) is 0 Å². The summed E-state index contributed by atoms with van der Waals surface area (Å²) in [5, 5.41) is 7.65. The highest BCUT2D eigenvalue weighted by Crippen LogP contribution is 2.38. The van der Waals surface area contributed by atoms with Gasteiger partial charge in [0.15, 0.2) is 0 Å². The molecule has 3 heteroatoms. The molecule has 1 N–H and O–H groups in total. The Labute approximate surface area is 101 Å². The van der Waals surface area contributed by atoms with Crippen LogP contribution in [0.15, 0.2) is 42.7 Å². The summed E-state index contributed by atoms with van der Waals surface area (Å²) in [5.74, 6) is 0. The third kappa shape index (κ3) is 2.11. The molecule has 1 aliphatic rings. The molecule has 0 aliphatic heterocycles. The van der Waals surface area contributed by atoms with Gasteiger partial charge in [-0.2, -0.15) is 5.10 Å². The summed E-state index contributed by atoms with van der Waals surface area (Å²) >= 11 is 0. The molecule has 0 spiro atoms. The highest BCUT2D eigenvalue weighted by molar-refractivity contribution is 5.35. The predicted molar refractivity (Wildman–Crippen MR) is 68.3 cm³/mol. The van der Waals surface area contributed by atoms with Crippen molar-refractivity contribution < 1.29 is 0 Å². The van der Waals surface area contributed by atoms with Gasteiger partial charge in [-0.1, -0.05) is 12.1 Å². The molecule has 0 unspecified atom stereocenters. The third-order valence-electron chi connectivity index (χ3n) is 3.63. The summed E-state index contributed by atoms with van der Waals surface area (Å²) in [6.45, 7) is 0. The summed E-state index contributed by atoms with van der Waals surface area (Å²) < 4.78 is 1.88. The van der Waals surface area contributed by atoms with E-state index in [4.69, 9.17) is 0 Å². The van der Waals surface area contributed by atoms with Gasteiger partial charge in [-0.15, -0.1) is 0 Å². The van der Waals surface area contributed by atoms with Crippen molar-refractivity contribution in [3.63, 3.8) is 0 Å². The highest BCUT2D eigenvalue weighted by Gasteiger charge is 2.40. The molecule has 0 atom stereocenters. The molecule has 1 heterocycles. The van der Waals surface area contributed by atoms with Crippen molar-refractivity contribution in [2.45, 2.75) is 24.8 Å². The van der Waals surface area contributed by atoms with Crippen molar-refractivity contribution in [3.8, 4) is 5.69 Å². The fraction of sp³-hybridized carbons (Fsp3) is 0.357. The van der Waals surface area contributed by atoms with E-state index in [0.29, 0.717) is 5.54 Å². The van der Waals surface area contributed by atoms with Gasteiger partial charge in [0.05, 0.1) is 5.69 Å². The van der Waals surface area contributed by atoms with Gasteiger partial charge in [-0.25, -0.2) is 4.68 Å². The maximum Gasteiger partial charge on any atom is 0.0645 e. The number of hydrogen-bond acceptors (Lipinski definition) is 2. The van der Waals surface area contributed by atoms with E-state index in [-0.39, 0.29) is 0 Å². The number of nitrogens with one attached hydrogen (secondary N) is 1. The molecule has 0 bridgehead atoms. The van der Waals surface area contributed by atoms with Crippen LogP contribution >= 0.6 is 0 Å². The molecule has 0 amide bonds. The molecule has 1 aliphatic carbocycles. The first kappa shape index (κ1) is 10.5. The lowest BCUT2D eigenvalue weighted by molar-refractivity contribution is 0.548. The predicted octanol–water partition coefficient (Wildman–Crippen LogP) is 2.17. The van der Waals surface area contributed by atoms with Gasteiger partial charge >= 0.3 is 0 Å². The molecule has 2 aromatic rings. The monoisotopic (exact) mass is 227 g/mol. The van der Waals surface area contributed by atoms with E-state index in [1.54, 1.807) is 6.20 Å². The zero-order valence-electron chi connectivity index (χ0n) is 10.1. The first-order valence-electron chi connectivity index (χ1n) is 6.09. The van der Waals surface area contributed by atoms with Gasteiger partial charge in [0.25, 0.3) is 0 Å². The minimum absolute atomic E-state index is 0.382. The summed E-state index contributed by atoms with van der Waals surface area (Å²) in [6.07, 6.45) is 7.48. The Morgan fingerprint density at radius 2 is 2.06 bits per heavy atom. The van der Waals surface area contributed by atoms with Gasteiger partial charge in [-0.05, 0) is 50.1 Å². The van der Waals surface area contributed by atoms with Crippen molar-refractivity contribution in [2.75, 3.05) is 7.05 Å². The van der Waals surface area contributed by atoms with Crippen molar-refractivity contribution in [1.82, 2.24) is 15.1 Å². The van der Waals surface area contributed by atoms with E-state index in [2.05, 4.69) is 41.7 Å². The molecule has 17 heavy (non-hydrogen) atoms. The Morgan fingerprint density at radius 1 is 1.29 bits per heavy atom. The Hall–Kier alpha value is -1.61. The van der Waals surface area contributed by atoms with Gasteiger partial charge in [0.1, 0.15) is 0 Å². The van der Waals surface area contributed by atoms with Gasteiger partial charge < -0.3 is 5.32 Å². The lowest BCUT2D eigenvalue weighted by atomic mass is 10.0. The minimum atomic E-state index is 0.382. The second kappa shape index (κ2) is 4.00. The molecule has 3 rings (SSSR count). The Morgan fingerprint density at radius 3 is 2.59 bits per heavy atom. The number of hydrogen-bond donors (Lipinski definition) is 1. The highest BCUT2D eigenvalue weighted by atomic mass is 15.3.